The van der Waals surface area contributed by atoms with E-state index in [2.05, 4.69) is 31.5 Å². The zero-order valence-electron chi connectivity index (χ0n) is 10.3. The summed E-state index contributed by atoms with van der Waals surface area (Å²) < 4.78 is 0.575. The van der Waals surface area contributed by atoms with Gasteiger partial charge in [-0.3, -0.25) is 14.9 Å². The van der Waals surface area contributed by atoms with Crippen molar-refractivity contribution in [2.45, 2.75) is 25.8 Å². The van der Waals surface area contributed by atoms with E-state index in [4.69, 9.17) is 0 Å². The molecule has 0 radical (unpaired) electrons. The summed E-state index contributed by atoms with van der Waals surface area (Å²) in [6.07, 6.45) is 2.56. The lowest BCUT2D eigenvalue weighted by atomic mass is 10.2. The molecule has 1 aromatic heterocycles. The number of pyridine rings is 1. The molecule has 1 aliphatic heterocycles. The van der Waals surface area contributed by atoms with Crippen LogP contribution in [0.4, 0.5) is 11.5 Å². The molecule has 19 heavy (non-hydrogen) atoms. The number of nitrogens with zero attached hydrogens (tertiary/aromatic N) is 2. The number of rotatable bonds is 4. The molecule has 2 heterocycles. The van der Waals surface area contributed by atoms with Crippen LogP contribution >= 0.6 is 15.9 Å². The fourth-order valence-corrected chi connectivity index (χ4v) is 2.37. The molecule has 1 aromatic rings. The average molecular weight is 329 g/mol. The van der Waals surface area contributed by atoms with Gasteiger partial charge in [0.2, 0.25) is 5.91 Å². The molecular weight excluding hydrogens is 316 g/mol. The van der Waals surface area contributed by atoms with E-state index >= 15 is 0 Å². The Morgan fingerprint density at radius 3 is 3.00 bits per heavy atom. The lowest BCUT2D eigenvalue weighted by Crippen LogP contribution is -2.32. The molecule has 2 rings (SSSR count). The summed E-state index contributed by atoms with van der Waals surface area (Å²) in [5.74, 6) is 0.600. The summed E-state index contributed by atoms with van der Waals surface area (Å²) in [4.78, 5) is 25.4. The van der Waals surface area contributed by atoms with Gasteiger partial charge < -0.3 is 10.6 Å². The quantitative estimate of drug-likeness (QED) is 0.648. The maximum Gasteiger partial charge on any atom is 0.291 e. The number of halogens is 1. The minimum Gasteiger partial charge on any atom is -0.367 e. The Balaban J connectivity index is 2.07. The number of carbonyl (C=O) groups excluding carboxylic acids is 1. The van der Waals surface area contributed by atoms with Crippen LogP contribution < -0.4 is 10.6 Å². The first kappa shape index (κ1) is 13.7. The van der Waals surface area contributed by atoms with Gasteiger partial charge in [0.15, 0.2) is 0 Å². The van der Waals surface area contributed by atoms with Gasteiger partial charge in [-0.2, -0.15) is 0 Å². The van der Waals surface area contributed by atoms with E-state index < -0.39 is 4.92 Å². The van der Waals surface area contributed by atoms with Gasteiger partial charge in [-0.15, -0.1) is 0 Å². The number of carbonyl (C=O) groups is 1. The summed E-state index contributed by atoms with van der Waals surface area (Å²) in [6, 6.07) is 0.0803. The highest BCUT2D eigenvalue weighted by Crippen LogP contribution is 2.30. The molecule has 7 nitrogen and oxygen atoms in total. The summed E-state index contributed by atoms with van der Waals surface area (Å²) in [7, 11) is 0. The molecule has 0 bridgehead atoms. The van der Waals surface area contributed by atoms with Crippen LogP contribution in [0.1, 0.15) is 18.4 Å². The normalized spacial score (nSPS) is 18.2. The fraction of sp³-hybridized carbons (Fsp3) is 0.455. The molecule has 8 heteroatoms. The van der Waals surface area contributed by atoms with Crippen LogP contribution in [0.25, 0.3) is 0 Å². The van der Waals surface area contributed by atoms with Crippen molar-refractivity contribution in [2.75, 3.05) is 11.9 Å². The van der Waals surface area contributed by atoms with Crippen LogP contribution in [0.5, 0.6) is 0 Å². The lowest BCUT2D eigenvalue weighted by molar-refractivity contribution is -0.385. The first-order chi connectivity index (χ1) is 8.99. The number of nitro groups is 1. The van der Waals surface area contributed by atoms with Gasteiger partial charge in [0.1, 0.15) is 12.0 Å². The Bertz CT molecular complexity index is 535. The van der Waals surface area contributed by atoms with Crippen LogP contribution in [0.2, 0.25) is 0 Å². The third-order valence-electron chi connectivity index (χ3n) is 3.03. The minimum absolute atomic E-state index is 0.0217. The minimum atomic E-state index is -0.464. The Morgan fingerprint density at radius 2 is 2.42 bits per heavy atom. The molecule has 0 saturated carbocycles. The van der Waals surface area contributed by atoms with E-state index in [0.717, 1.165) is 6.42 Å². The molecule has 0 spiro atoms. The van der Waals surface area contributed by atoms with E-state index in [1.807, 2.05) is 0 Å². The molecule has 1 saturated heterocycles. The fourth-order valence-electron chi connectivity index (χ4n) is 1.93. The third kappa shape index (κ3) is 3.01. The molecule has 102 valence electrons. The monoisotopic (exact) mass is 328 g/mol. The maximum absolute atomic E-state index is 11.1. The number of nitrogens with one attached hydrogen (secondary N) is 2. The number of anilines is 1. The number of aromatic nitrogens is 1. The topological polar surface area (TPSA) is 97.2 Å². The second-order valence-electron chi connectivity index (χ2n) is 4.37. The van der Waals surface area contributed by atoms with Crippen LogP contribution in [0.15, 0.2) is 10.7 Å². The summed E-state index contributed by atoms with van der Waals surface area (Å²) in [6.45, 7) is 2.21. The van der Waals surface area contributed by atoms with Crippen molar-refractivity contribution in [2.24, 2.45) is 0 Å². The van der Waals surface area contributed by atoms with Crippen molar-refractivity contribution in [3.05, 3.63) is 26.3 Å². The largest absolute Gasteiger partial charge is 0.367 e. The number of amides is 1. The lowest BCUT2D eigenvalue weighted by Gasteiger charge is -2.13. The van der Waals surface area contributed by atoms with Gasteiger partial charge in [-0.05, 0) is 29.3 Å². The van der Waals surface area contributed by atoms with Crippen molar-refractivity contribution in [1.82, 2.24) is 10.3 Å². The highest BCUT2D eigenvalue weighted by atomic mass is 79.9. The first-order valence-electron chi connectivity index (χ1n) is 5.81. The van der Waals surface area contributed by atoms with Crippen molar-refractivity contribution < 1.29 is 9.72 Å². The number of hydrogen-bond acceptors (Lipinski definition) is 5. The Hall–Kier alpha value is -1.70. The molecule has 2 N–H and O–H groups in total. The summed E-state index contributed by atoms with van der Waals surface area (Å²) >= 11 is 3.30. The zero-order valence-corrected chi connectivity index (χ0v) is 11.9. The number of hydrogen-bond donors (Lipinski definition) is 2. The van der Waals surface area contributed by atoms with Crippen LogP contribution in [0, 0.1) is 17.0 Å². The third-order valence-corrected chi connectivity index (χ3v) is 4.01. The second kappa shape index (κ2) is 5.52. The molecule has 1 unspecified atom stereocenters. The van der Waals surface area contributed by atoms with E-state index in [1.165, 1.54) is 6.20 Å². The molecular formula is C11H13BrN4O3. The van der Waals surface area contributed by atoms with E-state index in [-0.39, 0.29) is 17.6 Å². The molecule has 1 fully saturated rings. The predicted octanol–water partition coefficient (Wildman–Crippen LogP) is 1.75. The van der Waals surface area contributed by atoms with Crippen molar-refractivity contribution in [3.63, 3.8) is 0 Å². The molecule has 1 amide bonds. The average Bonchev–Trinajstić information content (AvgIpc) is 2.76. The van der Waals surface area contributed by atoms with Gasteiger partial charge in [0.25, 0.3) is 5.69 Å². The van der Waals surface area contributed by atoms with Crippen molar-refractivity contribution in [3.8, 4) is 0 Å². The van der Waals surface area contributed by atoms with Crippen LogP contribution in [-0.4, -0.2) is 28.4 Å². The van der Waals surface area contributed by atoms with E-state index in [1.54, 1.807) is 6.92 Å². The van der Waals surface area contributed by atoms with E-state index in [0.29, 0.717) is 28.8 Å². The van der Waals surface area contributed by atoms with Gasteiger partial charge in [-0.25, -0.2) is 4.98 Å². The molecule has 0 aliphatic carbocycles. The zero-order chi connectivity index (χ0) is 14.0. The Labute approximate surface area is 118 Å². The Kier molecular flexibility index (Phi) is 3.98. The Morgan fingerprint density at radius 1 is 1.68 bits per heavy atom. The highest BCUT2D eigenvalue weighted by molar-refractivity contribution is 9.10. The highest BCUT2D eigenvalue weighted by Gasteiger charge is 2.22. The van der Waals surface area contributed by atoms with Crippen LogP contribution in [-0.2, 0) is 4.79 Å². The van der Waals surface area contributed by atoms with Crippen LogP contribution in [0.3, 0.4) is 0 Å². The van der Waals surface area contributed by atoms with Gasteiger partial charge >= 0.3 is 0 Å². The second-order valence-corrected chi connectivity index (χ2v) is 5.17. The van der Waals surface area contributed by atoms with Crippen molar-refractivity contribution >= 4 is 33.3 Å². The van der Waals surface area contributed by atoms with E-state index in [9.17, 15) is 14.9 Å². The standard InChI is InChI=1S/C11H13BrN4O3/c1-6-8(16(18)19)5-14-11(10(6)12)13-4-7-2-3-9(17)15-7/h5,7H,2-4H2,1H3,(H,13,14)(H,15,17). The first-order valence-corrected chi connectivity index (χ1v) is 6.61. The molecule has 1 aliphatic rings. The summed E-state index contributed by atoms with van der Waals surface area (Å²) in [5, 5.41) is 16.7. The SMILES string of the molecule is Cc1c([N+](=O)[O-])cnc(NCC2CCC(=O)N2)c1Br. The predicted molar refractivity (Wildman–Crippen MR) is 73.0 cm³/mol. The van der Waals surface area contributed by atoms with Crippen molar-refractivity contribution in [1.29, 1.82) is 0 Å². The molecule has 1 atom stereocenters. The maximum atomic E-state index is 11.1. The van der Waals surface area contributed by atoms with Gasteiger partial charge in [-0.1, -0.05) is 0 Å². The van der Waals surface area contributed by atoms with Gasteiger partial charge in [0.05, 0.1) is 9.40 Å². The smallest absolute Gasteiger partial charge is 0.291 e. The molecule has 0 aromatic carbocycles. The van der Waals surface area contributed by atoms with Gasteiger partial charge in [0, 0.05) is 24.6 Å². The summed E-state index contributed by atoms with van der Waals surface area (Å²) in [5.41, 5.74) is 0.504.